The molecule has 35 heavy (non-hydrogen) atoms. The van der Waals surface area contributed by atoms with E-state index in [0.717, 1.165) is 0 Å². The Morgan fingerprint density at radius 3 is 2.14 bits per heavy atom. The Bertz CT molecular complexity index is 2480. The second-order valence-electron chi connectivity index (χ2n) is 8.10. The molecular weight excluding hydrogens is 426 g/mol. The number of nitrogens with zero attached hydrogens (tertiary/aromatic N) is 1. The molecule has 1 aliphatic rings. The molecule has 0 saturated carbocycles. The van der Waals surface area contributed by atoms with Crippen LogP contribution in [0.15, 0.2) is 115 Å². The van der Waals surface area contributed by atoms with Crippen LogP contribution in [-0.2, 0) is 5.41 Å². The molecule has 0 saturated heterocycles. The summed E-state index contributed by atoms with van der Waals surface area (Å²) in [5, 5.41) is 1.37. The van der Waals surface area contributed by atoms with E-state index >= 15 is 0 Å². The van der Waals surface area contributed by atoms with Gasteiger partial charge in [-0.15, -0.1) is 0 Å². The third kappa shape index (κ3) is 2.90. The highest BCUT2D eigenvalue weighted by Gasteiger charge is 2.34. The maximum Gasteiger partial charge on any atom is 0.131 e. The number of ether oxygens (including phenoxy) is 1. The van der Waals surface area contributed by atoms with Gasteiger partial charge in [0, 0.05) is 41.1 Å². The van der Waals surface area contributed by atoms with Crippen LogP contribution >= 0.6 is 0 Å². The molecule has 6 aromatic rings. The lowest BCUT2D eigenvalue weighted by Gasteiger charge is -2.34. The molecule has 0 radical (unpaired) electrons. The summed E-state index contributed by atoms with van der Waals surface area (Å²) < 4.78 is 157. The quantitative estimate of drug-likeness (QED) is 0.247. The van der Waals surface area contributed by atoms with Gasteiger partial charge in [-0.3, -0.25) is 0 Å². The molecule has 0 spiro atoms. The second kappa shape index (κ2) is 7.35. The van der Waals surface area contributed by atoms with E-state index < -0.39 is 119 Å². The molecule has 2 heteroatoms. The molecule has 0 aliphatic carbocycles. The lowest BCUT2D eigenvalue weighted by atomic mass is 9.75. The SMILES string of the molecule is [2H]c1c([2H])c([2H])c2c(c1[2H])Oc1c([2H])c([2H])c(-c3c([2H])c([2H])c([2H])c([2H])c3-n3c4ccccc4c4ccccc43)c([2H])c1C2(C([2H])([2H])[2H])C([2H])([2H])[2H]. The predicted octanol–water partition coefficient (Wildman–Crippen LogP) is 8.88. The van der Waals surface area contributed by atoms with Gasteiger partial charge in [0.05, 0.1) is 31.8 Å². The van der Waals surface area contributed by atoms with Crippen LogP contribution in [0.1, 0.15) is 48.1 Å². The van der Waals surface area contributed by atoms with E-state index in [2.05, 4.69) is 0 Å². The first-order chi connectivity index (χ1) is 24.2. The molecular formula is C33H25NO. The summed E-state index contributed by atoms with van der Waals surface area (Å²) in [4.78, 5) is 0. The first-order valence-electron chi connectivity index (χ1n) is 19.2. The van der Waals surface area contributed by atoms with E-state index in [1.165, 1.54) is 4.57 Å². The lowest BCUT2D eigenvalue weighted by Crippen LogP contribution is -2.24. The van der Waals surface area contributed by atoms with E-state index in [1.807, 2.05) is 0 Å². The number of hydrogen-bond acceptors (Lipinski definition) is 1. The smallest absolute Gasteiger partial charge is 0.131 e. The number of rotatable bonds is 2. The molecule has 168 valence electrons. The fraction of sp³-hybridized carbons (Fsp3) is 0.0909. The summed E-state index contributed by atoms with van der Waals surface area (Å²) in [7, 11) is 0. The Morgan fingerprint density at radius 2 is 1.37 bits per heavy atom. The fourth-order valence-corrected chi connectivity index (χ4v) is 4.55. The molecule has 0 amide bonds. The van der Waals surface area contributed by atoms with Crippen LogP contribution in [0, 0.1) is 0 Å². The van der Waals surface area contributed by atoms with Crippen LogP contribution in [0.5, 0.6) is 11.5 Å². The summed E-state index contributed by atoms with van der Waals surface area (Å²) in [6, 6.07) is 4.30. The first-order valence-corrected chi connectivity index (χ1v) is 10.7. The van der Waals surface area contributed by atoms with Gasteiger partial charge in [0.2, 0.25) is 0 Å². The van der Waals surface area contributed by atoms with Crippen LogP contribution in [0.2, 0.25) is 0 Å². The molecule has 0 bridgehead atoms. The zero-order chi connectivity index (χ0) is 38.1. The summed E-state index contributed by atoms with van der Waals surface area (Å²) >= 11 is 0. The highest BCUT2D eigenvalue weighted by Crippen LogP contribution is 2.49. The lowest BCUT2D eigenvalue weighted by molar-refractivity contribution is 0.418. The van der Waals surface area contributed by atoms with Crippen LogP contribution in [-0.4, -0.2) is 4.57 Å². The van der Waals surface area contributed by atoms with Gasteiger partial charge in [-0.2, -0.15) is 0 Å². The average molecular weight is 469 g/mol. The molecule has 1 aliphatic heterocycles. The monoisotopic (exact) mass is 468 g/mol. The van der Waals surface area contributed by atoms with Gasteiger partial charge < -0.3 is 9.30 Å². The molecule has 2 nitrogen and oxygen atoms in total. The molecule has 1 aromatic heterocycles. The van der Waals surface area contributed by atoms with E-state index in [1.54, 1.807) is 48.5 Å². The van der Waals surface area contributed by atoms with Gasteiger partial charge in [-0.25, -0.2) is 0 Å². The van der Waals surface area contributed by atoms with Crippen molar-refractivity contribution >= 4 is 21.8 Å². The van der Waals surface area contributed by atoms with Crippen LogP contribution in [0.3, 0.4) is 0 Å². The standard InChI is InChI=1S/C33H25NO/c1-33(2)26-14-6-10-18-31(26)35-32-20-19-22(21-27(32)33)23-11-3-7-15-28(23)34-29-16-8-4-12-24(29)25-13-5-9-17-30(25)34/h3-21H,1-2H3/i1D3,2D3,3D,6D,7D,10D,11D,14D,15D,18D,19D,20D,21D. The van der Waals surface area contributed by atoms with Crippen molar-refractivity contribution < 1.29 is 28.0 Å². The Morgan fingerprint density at radius 1 is 0.714 bits per heavy atom. The Balaban J connectivity index is 1.74. The molecule has 2 heterocycles. The highest BCUT2D eigenvalue weighted by molar-refractivity contribution is 6.09. The molecule has 0 atom stereocenters. The van der Waals surface area contributed by atoms with Crippen molar-refractivity contribution in [2.75, 3.05) is 0 Å². The van der Waals surface area contributed by atoms with Crippen molar-refractivity contribution in [3.8, 4) is 28.3 Å². The minimum absolute atomic E-state index is 0.267. The minimum atomic E-state index is -3.72. The molecule has 7 rings (SSSR count). The molecule has 5 aromatic carbocycles. The van der Waals surface area contributed by atoms with Gasteiger partial charge in [0.15, 0.2) is 0 Å². The normalized spacial score (nSPS) is 21.5. The molecule has 0 fully saturated rings. The van der Waals surface area contributed by atoms with Crippen LogP contribution in [0.4, 0.5) is 0 Å². The number of benzene rings is 5. The maximum absolute atomic E-state index is 9.58. The Kier molecular flexibility index (Phi) is 1.97. The zero-order valence-electron chi connectivity index (χ0n) is 35.0. The topological polar surface area (TPSA) is 14.2 Å². The van der Waals surface area contributed by atoms with Crippen molar-refractivity contribution in [2.45, 2.75) is 19.1 Å². The number of aromatic nitrogens is 1. The average Bonchev–Trinajstić information content (AvgIpc) is 3.42. The maximum atomic E-state index is 9.58. The largest absolute Gasteiger partial charge is 0.457 e. The third-order valence-corrected chi connectivity index (χ3v) is 6.11. The predicted molar refractivity (Wildman–Crippen MR) is 145 cm³/mol. The molecule has 0 unspecified atom stereocenters. The van der Waals surface area contributed by atoms with Gasteiger partial charge in [-0.1, -0.05) is 92.4 Å². The zero-order valence-corrected chi connectivity index (χ0v) is 18.0. The second-order valence-corrected chi connectivity index (χ2v) is 8.10. The summed E-state index contributed by atoms with van der Waals surface area (Å²) in [6.45, 7) is -7.45. The van der Waals surface area contributed by atoms with Gasteiger partial charge >= 0.3 is 0 Å². The number of para-hydroxylation sites is 4. The van der Waals surface area contributed by atoms with Crippen LogP contribution in [0.25, 0.3) is 38.6 Å². The summed E-state index contributed by atoms with van der Waals surface area (Å²) in [5.74, 6) is -1.80. The van der Waals surface area contributed by atoms with E-state index in [-0.39, 0.29) is 5.69 Å². The Labute approximate surface area is 228 Å². The van der Waals surface area contributed by atoms with E-state index in [0.29, 0.717) is 21.8 Å². The van der Waals surface area contributed by atoms with Crippen molar-refractivity contribution in [3.63, 3.8) is 0 Å². The summed E-state index contributed by atoms with van der Waals surface area (Å²) in [5.41, 5.74) is -6.02. The van der Waals surface area contributed by atoms with Crippen molar-refractivity contribution in [2.24, 2.45) is 0 Å². The van der Waals surface area contributed by atoms with Crippen molar-refractivity contribution in [3.05, 3.63) is 126 Å². The van der Waals surface area contributed by atoms with Gasteiger partial charge in [0.25, 0.3) is 0 Å². The van der Waals surface area contributed by atoms with Gasteiger partial charge in [0.1, 0.15) is 11.5 Å². The van der Waals surface area contributed by atoms with E-state index in [9.17, 15) is 1.37 Å². The Hall–Kier alpha value is -4.30. The minimum Gasteiger partial charge on any atom is -0.457 e. The van der Waals surface area contributed by atoms with Crippen molar-refractivity contribution in [1.82, 2.24) is 4.57 Å². The molecule has 0 N–H and O–H groups in total. The third-order valence-electron chi connectivity index (χ3n) is 6.11. The summed E-state index contributed by atoms with van der Waals surface area (Å²) in [6.07, 6.45) is 0. The van der Waals surface area contributed by atoms with Crippen molar-refractivity contribution in [1.29, 1.82) is 0 Å². The van der Waals surface area contributed by atoms with E-state index in [4.69, 9.17) is 26.7 Å². The number of fused-ring (bicyclic) bond motifs is 5. The number of hydrogen-bond donors (Lipinski definition) is 0. The first kappa shape index (κ1) is 9.39. The fourth-order valence-electron chi connectivity index (χ4n) is 4.55. The van der Waals surface area contributed by atoms with Gasteiger partial charge in [-0.05, 0) is 41.9 Å². The highest BCUT2D eigenvalue weighted by atomic mass is 16.5. The van der Waals surface area contributed by atoms with Crippen LogP contribution < -0.4 is 4.74 Å².